The fourth-order valence-corrected chi connectivity index (χ4v) is 3.14. The van der Waals surface area contributed by atoms with E-state index in [1.54, 1.807) is 4.90 Å². The molecule has 0 radical (unpaired) electrons. The summed E-state index contributed by atoms with van der Waals surface area (Å²) in [5.41, 5.74) is 1.50. The summed E-state index contributed by atoms with van der Waals surface area (Å²) in [5.74, 6) is 0.351. The van der Waals surface area contributed by atoms with Crippen LogP contribution < -0.4 is 10.5 Å². The van der Waals surface area contributed by atoms with Crippen LogP contribution >= 0.6 is 0 Å². The van der Waals surface area contributed by atoms with E-state index in [1.165, 1.54) is 11.1 Å². The highest BCUT2D eigenvalue weighted by atomic mass is 16.2. The average Bonchev–Trinajstić information content (AvgIpc) is 3.47. The monoisotopic (exact) mass is 352 g/mol. The molecular formula is C19H20N4O3. The summed E-state index contributed by atoms with van der Waals surface area (Å²) in [7, 11) is 0. The Labute approximate surface area is 150 Å². The summed E-state index contributed by atoms with van der Waals surface area (Å²) in [4.78, 5) is 47.3. The number of aromatic nitrogens is 2. The number of aryl methyl sites for hydroxylation is 1. The highest BCUT2D eigenvalue weighted by molar-refractivity contribution is 6.01. The number of piperazine rings is 1. The van der Waals surface area contributed by atoms with Crippen molar-refractivity contribution in [3.63, 3.8) is 0 Å². The summed E-state index contributed by atoms with van der Waals surface area (Å²) < 4.78 is 0. The topological polar surface area (TPSA) is 86.4 Å². The Hall–Kier alpha value is -2.96. The van der Waals surface area contributed by atoms with E-state index in [4.69, 9.17) is 0 Å². The van der Waals surface area contributed by atoms with Crippen molar-refractivity contribution < 1.29 is 9.59 Å². The van der Waals surface area contributed by atoms with Crippen LogP contribution in [0.2, 0.25) is 0 Å². The van der Waals surface area contributed by atoms with Crippen LogP contribution in [0.25, 0.3) is 0 Å². The molecule has 2 heterocycles. The minimum absolute atomic E-state index is 0.00835. The molecule has 0 bridgehead atoms. The second kappa shape index (κ2) is 6.40. The Balaban J connectivity index is 1.48. The highest BCUT2D eigenvalue weighted by Crippen LogP contribution is 2.37. The first-order chi connectivity index (χ1) is 12.5. The SMILES string of the molecule is Cc1ccc(N2CCN(C(=O)c3cnc(C4CC4)[nH]c3=O)CC2=O)cc1. The zero-order valence-electron chi connectivity index (χ0n) is 14.6. The summed E-state index contributed by atoms with van der Waals surface area (Å²) >= 11 is 0. The second-order valence-electron chi connectivity index (χ2n) is 6.89. The summed E-state index contributed by atoms with van der Waals surface area (Å²) in [6.07, 6.45) is 3.38. The Kier molecular flexibility index (Phi) is 4.06. The molecular weight excluding hydrogens is 332 g/mol. The largest absolute Gasteiger partial charge is 0.327 e. The van der Waals surface area contributed by atoms with E-state index in [0.29, 0.717) is 24.8 Å². The Bertz CT molecular complexity index is 915. The lowest BCUT2D eigenvalue weighted by molar-refractivity contribution is -0.120. The van der Waals surface area contributed by atoms with Crippen molar-refractivity contribution in [1.82, 2.24) is 14.9 Å². The molecule has 0 atom stereocenters. The van der Waals surface area contributed by atoms with Crippen LogP contribution in [0.5, 0.6) is 0 Å². The quantitative estimate of drug-likeness (QED) is 0.906. The van der Waals surface area contributed by atoms with Crippen LogP contribution in [-0.4, -0.2) is 46.3 Å². The van der Waals surface area contributed by atoms with Gasteiger partial charge in [-0.3, -0.25) is 14.4 Å². The van der Waals surface area contributed by atoms with Crippen molar-refractivity contribution in [2.75, 3.05) is 24.5 Å². The maximum absolute atomic E-state index is 12.6. The third kappa shape index (κ3) is 3.12. The highest BCUT2D eigenvalue weighted by Gasteiger charge is 2.31. The molecule has 1 aliphatic heterocycles. The lowest BCUT2D eigenvalue weighted by Crippen LogP contribution is -2.53. The number of nitrogens with zero attached hydrogens (tertiary/aromatic N) is 3. The van der Waals surface area contributed by atoms with Gasteiger partial charge in [-0.05, 0) is 31.9 Å². The number of aromatic amines is 1. The average molecular weight is 352 g/mol. The molecule has 4 rings (SSSR count). The van der Waals surface area contributed by atoms with E-state index in [9.17, 15) is 14.4 Å². The fourth-order valence-electron chi connectivity index (χ4n) is 3.14. The molecule has 0 spiro atoms. The van der Waals surface area contributed by atoms with Gasteiger partial charge in [-0.25, -0.2) is 4.98 Å². The predicted molar refractivity (Wildman–Crippen MR) is 96.3 cm³/mol. The molecule has 2 amide bonds. The molecule has 134 valence electrons. The Morgan fingerprint density at radius 1 is 1.15 bits per heavy atom. The van der Waals surface area contributed by atoms with Gasteiger partial charge in [-0.1, -0.05) is 17.7 Å². The first kappa shape index (κ1) is 16.5. The smallest absolute Gasteiger partial charge is 0.263 e. The van der Waals surface area contributed by atoms with Gasteiger partial charge in [0.2, 0.25) is 5.91 Å². The van der Waals surface area contributed by atoms with E-state index in [2.05, 4.69) is 9.97 Å². The number of benzene rings is 1. The van der Waals surface area contributed by atoms with Crippen molar-refractivity contribution in [3.05, 3.63) is 57.8 Å². The van der Waals surface area contributed by atoms with Gasteiger partial charge in [0, 0.05) is 30.9 Å². The van der Waals surface area contributed by atoms with Crippen molar-refractivity contribution in [2.24, 2.45) is 0 Å². The lowest BCUT2D eigenvalue weighted by atomic mass is 10.2. The number of carbonyl (C=O) groups excluding carboxylic acids is 2. The molecule has 0 unspecified atom stereocenters. The maximum atomic E-state index is 12.6. The van der Waals surface area contributed by atoms with Gasteiger partial charge in [0.15, 0.2) is 0 Å². The molecule has 1 saturated carbocycles. The normalized spacial score (nSPS) is 17.5. The molecule has 1 aliphatic carbocycles. The zero-order chi connectivity index (χ0) is 18.3. The lowest BCUT2D eigenvalue weighted by Gasteiger charge is -2.34. The second-order valence-corrected chi connectivity index (χ2v) is 6.89. The summed E-state index contributed by atoms with van der Waals surface area (Å²) in [6.45, 7) is 2.72. The minimum atomic E-state index is -0.446. The molecule has 7 nitrogen and oxygen atoms in total. The number of nitrogens with one attached hydrogen (secondary N) is 1. The Morgan fingerprint density at radius 2 is 1.88 bits per heavy atom. The van der Waals surface area contributed by atoms with Crippen LogP contribution in [0, 0.1) is 6.92 Å². The third-order valence-corrected chi connectivity index (χ3v) is 4.87. The first-order valence-corrected chi connectivity index (χ1v) is 8.78. The molecule has 7 heteroatoms. The van der Waals surface area contributed by atoms with Crippen LogP contribution in [0.1, 0.15) is 40.5 Å². The molecule has 26 heavy (non-hydrogen) atoms. The van der Waals surface area contributed by atoms with Gasteiger partial charge < -0.3 is 14.8 Å². The zero-order valence-corrected chi connectivity index (χ0v) is 14.6. The molecule has 1 N–H and O–H groups in total. The summed E-state index contributed by atoms with van der Waals surface area (Å²) in [6, 6.07) is 7.70. The number of amides is 2. The molecule has 2 aromatic rings. The number of hydrogen-bond donors (Lipinski definition) is 1. The molecule has 2 fully saturated rings. The molecule has 1 saturated heterocycles. The van der Waals surface area contributed by atoms with Gasteiger partial charge in [0.1, 0.15) is 17.9 Å². The van der Waals surface area contributed by atoms with Crippen molar-refractivity contribution >= 4 is 17.5 Å². The van der Waals surface area contributed by atoms with E-state index in [1.807, 2.05) is 31.2 Å². The number of H-pyrrole nitrogens is 1. The Morgan fingerprint density at radius 3 is 2.50 bits per heavy atom. The number of hydrogen-bond acceptors (Lipinski definition) is 4. The maximum Gasteiger partial charge on any atom is 0.263 e. The van der Waals surface area contributed by atoms with Crippen molar-refractivity contribution in [1.29, 1.82) is 0 Å². The number of rotatable bonds is 3. The standard InChI is InChI=1S/C19H20N4O3/c1-12-2-6-14(7-3-12)23-9-8-22(11-16(23)24)19(26)15-10-20-17(13-4-5-13)21-18(15)25/h2-3,6-7,10,13H,4-5,8-9,11H2,1H3,(H,20,21,25). The van der Waals surface area contributed by atoms with Crippen molar-refractivity contribution in [3.8, 4) is 0 Å². The van der Waals surface area contributed by atoms with Crippen LogP contribution in [-0.2, 0) is 4.79 Å². The van der Waals surface area contributed by atoms with Gasteiger partial charge >= 0.3 is 0 Å². The van der Waals surface area contributed by atoms with E-state index < -0.39 is 11.5 Å². The van der Waals surface area contributed by atoms with Crippen LogP contribution in [0.15, 0.2) is 35.3 Å². The van der Waals surface area contributed by atoms with Gasteiger partial charge in [0.25, 0.3) is 11.5 Å². The van der Waals surface area contributed by atoms with E-state index in [0.717, 1.165) is 24.1 Å². The first-order valence-electron chi connectivity index (χ1n) is 8.78. The minimum Gasteiger partial charge on any atom is -0.327 e. The predicted octanol–water partition coefficient (Wildman–Crippen LogP) is 1.44. The number of anilines is 1. The van der Waals surface area contributed by atoms with Gasteiger partial charge in [-0.2, -0.15) is 0 Å². The molecule has 1 aromatic carbocycles. The van der Waals surface area contributed by atoms with E-state index >= 15 is 0 Å². The third-order valence-electron chi connectivity index (χ3n) is 4.87. The molecule has 1 aromatic heterocycles. The van der Waals surface area contributed by atoms with Crippen LogP contribution in [0.3, 0.4) is 0 Å². The summed E-state index contributed by atoms with van der Waals surface area (Å²) in [5, 5.41) is 0. The van der Waals surface area contributed by atoms with Gasteiger partial charge in [-0.15, -0.1) is 0 Å². The molecule has 2 aliphatic rings. The van der Waals surface area contributed by atoms with E-state index in [-0.39, 0.29) is 18.0 Å². The fraction of sp³-hybridized carbons (Fsp3) is 0.368. The van der Waals surface area contributed by atoms with Gasteiger partial charge in [0.05, 0.1) is 0 Å². The number of carbonyl (C=O) groups is 2. The van der Waals surface area contributed by atoms with Crippen molar-refractivity contribution in [2.45, 2.75) is 25.7 Å². The van der Waals surface area contributed by atoms with Crippen LogP contribution in [0.4, 0.5) is 5.69 Å².